The van der Waals surface area contributed by atoms with Gasteiger partial charge in [0.25, 0.3) is 0 Å². The Morgan fingerprint density at radius 3 is 1.75 bits per heavy atom. The average Bonchev–Trinajstić information content (AvgIpc) is 1.86. The van der Waals surface area contributed by atoms with Crippen LogP contribution in [0.5, 0.6) is 0 Å². The fourth-order valence-electron chi connectivity index (χ4n) is 1.11. The topological polar surface area (TPSA) is 26.3 Å². The minimum Gasteiger partial charge on any atom is -0.373 e. The maximum atomic E-state index is 11.7. The van der Waals surface area contributed by atoms with Gasteiger partial charge in [0.05, 0.1) is 0 Å². The molecule has 1 unspecified atom stereocenters. The second-order valence-electron chi connectivity index (χ2n) is 4.51. The summed E-state index contributed by atoms with van der Waals surface area (Å²) in [6.07, 6.45) is -0.259. The molecule has 12 heavy (non-hydrogen) atoms. The first-order chi connectivity index (χ1) is 5.30. The van der Waals surface area contributed by atoms with Crippen molar-refractivity contribution in [2.24, 2.45) is 11.3 Å². The van der Waals surface area contributed by atoms with Crippen LogP contribution in [0.15, 0.2) is 0 Å². The lowest BCUT2D eigenvalue weighted by Gasteiger charge is -2.25. The Morgan fingerprint density at radius 1 is 1.25 bits per heavy atom. The van der Waals surface area contributed by atoms with Crippen LogP contribution in [-0.4, -0.2) is 19.0 Å². The van der Waals surface area contributed by atoms with Gasteiger partial charge < -0.3 is 4.74 Å². The number of Topliss-reactive ketones (excluding diaryl/α,β-unsaturated/α-hetero) is 1. The van der Waals surface area contributed by atoms with E-state index in [4.69, 9.17) is 4.74 Å². The molecule has 0 aromatic rings. The molecule has 2 heteroatoms. The van der Waals surface area contributed by atoms with Crippen molar-refractivity contribution in [2.45, 2.75) is 40.7 Å². The van der Waals surface area contributed by atoms with Crippen LogP contribution in [0.4, 0.5) is 0 Å². The molecule has 72 valence electrons. The fourth-order valence-corrected chi connectivity index (χ4v) is 1.11. The molecule has 0 amide bonds. The molecule has 0 aliphatic rings. The van der Waals surface area contributed by atoms with Gasteiger partial charge in [-0.05, 0) is 5.92 Å². The maximum Gasteiger partial charge on any atom is 0.167 e. The standard InChI is InChI=1S/C10H20O2/c1-7(2)8(12-6)9(11)10(3,4)5/h7-8H,1-6H3. The number of hydrogen-bond donors (Lipinski definition) is 0. The van der Waals surface area contributed by atoms with Crippen LogP contribution < -0.4 is 0 Å². The first kappa shape index (κ1) is 11.6. The summed E-state index contributed by atoms with van der Waals surface area (Å²) in [6, 6.07) is 0. The van der Waals surface area contributed by atoms with Crippen LogP contribution >= 0.6 is 0 Å². The summed E-state index contributed by atoms with van der Waals surface area (Å²) in [7, 11) is 1.59. The van der Waals surface area contributed by atoms with Crippen molar-refractivity contribution in [2.75, 3.05) is 7.11 Å². The third kappa shape index (κ3) is 2.94. The first-order valence-corrected chi connectivity index (χ1v) is 4.37. The van der Waals surface area contributed by atoms with Crippen molar-refractivity contribution < 1.29 is 9.53 Å². The van der Waals surface area contributed by atoms with Gasteiger partial charge in [-0.15, -0.1) is 0 Å². The summed E-state index contributed by atoms with van der Waals surface area (Å²) < 4.78 is 5.15. The van der Waals surface area contributed by atoms with Gasteiger partial charge >= 0.3 is 0 Å². The molecular weight excluding hydrogens is 152 g/mol. The molecule has 0 radical (unpaired) electrons. The van der Waals surface area contributed by atoms with Crippen LogP contribution in [0.1, 0.15) is 34.6 Å². The van der Waals surface area contributed by atoms with Gasteiger partial charge in [-0.25, -0.2) is 0 Å². The molecule has 0 aliphatic carbocycles. The lowest BCUT2D eigenvalue weighted by atomic mass is 9.84. The summed E-state index contributed by atoms with van der Waals surface area (Å²) in [6.45, 7) is 9.76. The molecule has 0 aromatic heterocycles. The SMILES string of the molecule is COC(C(=O)C(C)(C)C)C(C)C. The highest BCUT2D eigenvalue weighted by atomic mass is 16.5. The van der Waals surface area contributed by atoms with E-state index in [2.05, 4.69) is 0 Å². The molecule has 0 bridgehead atoms. The molecule has 0 heterocycles. The van der Waals surface area contributed by atoms with Gasteiger partial charge in [-0.1, -0.05) is 34.6 Å². The number of carbonyl (C=O) groups excluding carboxylic acids is 1. The Morgan fingerprint density at radius 2 is 1.67 bits per heavy atom. The first-order valence-electron chi connectivity index (χ1n) is 4.37. The van der Waals surface area contributed by atoms with Crippen molar-refractivity contribution in [3.63, 3.8) is 0 Å². The van der Waals surface area contributed by atoms with E-state index in [0.29, 0.717) is 0 Å². The lowest BCUT2D eigenvalue weighted by Crippen LogP contribution is -2.37. The van der Waals surface area contributed by atoms with Crippen molar-refractivity contribution in [3.05, 3.63) is 0 Å². The molecule has 0 aliphatic heterocycles. The van der Waals surface area contributed by atoms with Crippen LogP contribution in [0, 0.1) is 11.3 Å². The normalized spacial score (nSPS) is 14.9. The van der Waals surface area contributed by atoms with Gasteiger partial charge in [0.15, 0.2) is 5.78 Å². The Kier molecular flexibility index (Phi) is 3.91. The van der Waals surface area contributed by atoms with Gasteiger partial charge in [-0.3, -0.25) is 4.79 Å². The average molecular weight is 172 g/mol. The van der Waals surface area contributed by atoms with Crippen molar-refractivity contribution >= 4 is 5.78 Å². The van der Waals surface area contributed by atoms with E-state index >= 15 is 0 Å². The second-order valence-corrected chi connectivity index (χ2v) is 4.51. The van der Waals surface area contributed by atoms with Crippen molar-refractivity contribution in [1.29, 1.82) is 0 Å². The van der Waals surface area contributed by atoms with E-state index in [1.165, 1.54) is 0 Å². The predicted octanol–water partition coefficient (Wildman–Crippen LogP) is 2.27. The molecule has 0 fully saturated rings. The maximum absolute atomic E-state index is 11.7. The lowest BCUT2D eigenvalue weighted by molar-refractivity contribution is -0.139. The van der Waals surface area contributed by atoms with E-state index < -0.39 is 0 Å². The molecule has 0 saturated heterocycles. The quantitative estimate of drug-likeness (QED) is 0.652. The van der Waals surface area contributed by atoms with E-state index in [1.807, 2.05) is 34.6 Å². The Balaban J connectivity index is 4.44. The second kappa shape index (κ2) is 4.04. The highest BCUT2D eigenvalue weighted by molar-refractivity contribution is 5.88. The zero-order chi connectivity index (χ0) is 9.94. The summed E-state index contributed by atoms with van der Waals surface area (Å²) in [5.74, 6) is 0.432. The zero-order valence-electron chi connectivity index (χ0n) is 8.97. The van der Waals surface area contributed by atoms with Crippen LogP contribution in [0.25, 0.3) is 0 Å². The van der Waals surface area contributed by atoms with Crippen molar-refractivity contribution in [1.82, 2.24) is 0 Å². The number of methoxy groups -OCH3 is 1. The van der Waals surface area contributed by atoms with Crippen LogP contribution in [0.3, 0.4) is 0 Å². The minimum atomic E-state index is -0.301. The Bertz CT molecular complexity index is 154. The van der Waals surface area contributed by atoms with Crippen molar-refractivity contribution in [3.8, 4) is 0 Å². The molecule has 0 rings (SSSR count). The molecular formula is C10H20O2. The molecule has 0 saturated carbocycles. The highest BCUT2D eigenvalue weighted by Gasteiger charge is 2.31. The summed E-state index contributed by atoms with van der Waals surface area (Å²) in [5, 5.41) is 0. The molecule has 2 nitrogen and oxygen atoms in total. The smallest absolute Gasteiger partial charge is 0.167 e. The third-order valence-electron chi connectivity index (χ3n) is 1.86. The largest absolute Gasteiger partial charge is 0.373 e. The van der Waals surface area contributed by atoms with Gasteiger partial charge in [0.1, 0.15) is 6.10 Å². The molecule has 0 aromatic carbocycles. The summed E-state index contributed by atoms with van der Waals surface area (Å²) in [4.78, 5) is 11.7. The van der Waals surface area contributed by atoms with Crippen LogP contribution in [-0.2, 0) is 9.53 Å². The summed E-state index contributed by atoms with van der Waals surface area (Å²) in [5.41, 5.74) is -0.301. The number of rotatable bonds is 3. The fraction of sp³-hybridized carbons (Fsp3) is 0.900. The van der Waals surface area contributed by atoms with Gasteiger partial charge in [0.2, 0.25) is 0 Å². The molecule has 0 spiro atoms. The Hall–Kier alpha value is -0.370. The molecule has 1 atom stereocenters. The van der Waals surface area contributed by atoms with E-state index in [-0.39, 0.29) is 23.2 Å². The number of carbonyl (C=O) groups is 1. The number of ether oxygens (including phenoxy) is 1. The van der Waals surface area contributed by atoms with E-state index in [9.17, 15) is 4.79 Å². The molecule has 0 N–H and O–H groups in total. The zero-order valence-corrected chi connectivity index (χ0v) is 8.97. The third-order valence-corrected chi connectivity index (χ3v) is 1.86. The highest BCUT2D eigenvalue weighted by Crippen LogP contribution is 2.21. The van der Waals surface area contributed by atoms with E-state index in [1.54, 1.807) is 7.11 Å². The number of hydrogen-bond acceptors (Lipinski definition) is 2. The Labute approximate surface area is 75.3 Å². The van der Waals surface area contributed by atoms with Crippen LogP contribution in [0.2, 0.25) is 0 Å². The van der Waals surface area contributed by atoms with Gasteiger partial charge in [0, 0.05) is 12.5 Å². The van der Waals surface area contributed by atoms with E-state index in [0.717, 1.165) is 0 Å². The monoisotopic (exact) mass is 172 g/mol. The predicted molar refractivity (Wildman–Crippen MR) is 50.1 cm³/mol. The summed E-state index contributed by atoms with van der Waals surface area (Å²) >= 11 is 0. The van der Waals surface area contributed by atoms with Gasteiger partial charge in [-0.2, -0.15) is 0 Å². The number of ketones is 1. The minimum absolute atomic E-state index is 0.181.